The van der Waals surface area contributed by atoms with Crippen LogP contribution in [-0.4, -0.2) is 76.8 Å². The Labute approximate surface area is 261 Å². The second-order valence-corrected chi connectivity index (χ2v) is 13.3. The van der Waals surface area contributed by atoms with E-state index in [0.717, 1.165) is 5.56 Å². The van der Waals surface area contributed by atoms with E-state index in [-0.39, 0.29) is 97.5 Å². The van der Waals surface area contributed by atoms with Gasteiger partial charge in [-0.2, -0.15) is 0 Å². The van der Waals surface area contributed by atoms with Gasteiger partial charge in [0.25, 0.3) is 0 Å². The Morgan fingerprint density at radius 3 is 2.39 bits per heavy atom. The Hall–Kier alpha value is -3.63. The lowest BCUT2D eigenvalue weighted by molar-refractivity contribution is -0.139. The molecule has 2 aliphatic heterocycles. The minimum absolute atomic E-state index is 0.00882. The zero-order valence-electron chi connectivity index (χ0n) is 26.9. The zero-order valence-corrected chi connectivity index (χ0v) is 26.9. The number of phenolic OH excluding ortho intramolecular Hbond substituents is 1. The summed E-state index contributed by atoms with van der Waals surface area (Å²) in [6.07, 6.45) is 3.03. The van der Waals surface area contributed by atoms with Crippen LogP contribution < -0.4 is 21.3 Å². The van der Waals surface area contributed by atoms with E-state index in [4.69, 9.17) is 0 Å². The Kier molecular flexibility index (Phi) is 13.0. The summed E-state index contributed by atoms with van der Waals surface area (Å²) in [5.74, 6) is -0.648. The number of benzene rings is 1. The maximum Gasteiger partial charge on any atom is 0.243 e. The van der Waals surface area contributed by atoms with Crippen molar-refractivity contribution in [1.82, 2.24) is 26.2 Å². The normalized spacial score (nSPS) is 26.3. The van der Waals surface area contributed by atoms with Crippen molar-refractivity contribution in [2.24, 2.45) is 17.8 Å². The molecular weight excluding hydrogens is 562 g/mol. The second-order valence-electron chi connectivity index (χ2n) is 13.3. The van der Waals surface area contributed by atoms with Gasteiger partial charge in [-0.1, -0.05) is 46.8 Å². The van der Waals surface area contributed by atoms with Gasteiger partial charge in [0.15, 0.2) is 0 Å². The molecular formula is C33H51N5O6. The largest absolute Gasteiger partial charge is 0.508 e. The van der Waals surface area contributed by atoms with Crippen molar-refractivity contribution in [3.05, 3.63) is 29.8 Å². The summed E-state index contributed by atoms with van der Waals surface area (Å²) < 4.78 is 0. The fourth-order valence-corrected chi connectivity index (χ4v) is 5.90. The van der Waals surface area contributed by atoms with E-state index in [1.807, 2.05) is 34.6 Å². The molecule has 0 spiro atoms. The van der Waals surface area contributed by atoms with E-state index < -0.39 is 12.1 Å². The van der Waals surface area contributed by atoms with Gasteiger partial charge in [0.1, 0.15) is 17.8 Å². The number of rotatable bonds is 6. The summed E-state index contributed by atoms with van der Waals surface area (Å²) in [5.41, 5.74) is 0.791. The average molecular weight is 614 g/mol. The molecule has 0 radical (unpaired) electrons. The molecule has 5 atom stereocenters. The van der Waals surface area contributed by atoms with Crippen molar-refractivity contribution < 1.29 is 29.1 Å². The number of amides is 5. The smallest absolute Gasteiger partial charge is 0.243 e. The molecule has 1 aromatic rings. The molecule has 5 amide bonds. The van der Waals surface area contributed by atoms with Gasteiger partial charge in [-0.05, 0) is 61.1 Å². The summed E-state index contributed by atoms with van der Waals surface area (Å²) in [5, 5.41) is 21.6. The molecule has 11 nitrogen and oxygen atoms in total. The lowest BCUT2D eigenvalue weighted by Crippen LogP contribution is -2.50. The van der Waals surface area contributed by atoms with Gasteiger partial charge < -0.3 is 31.3 Å². The Bertz CT molecular complexity index is 1150. The molecule has 2 heterocycles. The van der Waals surface area contributed by atoms with Gasteiger partial charge in [0, 0.05) is 50.9 Å². The van der Waals surface area contributed by atoms with Crippen LogP contribution >= 0.6 is 0 Å². The van der Waals surface area contributed by atoms with Crippen molar-refractivity contribution in [2.75, 3.05) is 13.1 Å². The molecule has 11 heteroatoms. The highest BCUT2D eigenvalue weighted by Gasteiger charge is 2.40. The molecule has 2 fully saturated rings. The molecule has 44 heavy (non-hydrogen) atoms. The Morgan fingerprint density at radius 2 is 1.73 bits per heavy atom. The first-order valence-corrected chi connectivity index (χ1v) is 16.1. The molecule has 0 aliphatic carbocycles. The molecule has 0 bridgehead atoms. The minimum Gasteiger partial charge on any atom is -0.508 e. The van der Waals surface area contributed by atoms with E-state index in [9.17, 15) is 29.1 Å². The fourth-order valence-electron chi connectivity index (χ4n) is 5.90. The molecule has 0 saturated carbocycles. The van der Waals surface area contributed by atoms with E-state index in [1.165, 1.54) is 0 Å². The van der Waals surface area contributed by atoms with Crippen LogP contribution in [0.3, 0.4) is 0 Å². The third-order valence-corrected chi connectivity index (χ3v) is 8.41. The standard InChI is InChI=1S/C33H51N5O6/c1-20(2)15-29(40)35-24-18-28-33(44)37-26(21(3)4)13-8-22(5)16-30(41)36-27(17-23-9-11-25(39)12-10-23)32(43)34-14-6-7-31(42)38(28)19-24/h9-12,20-22,24,26-28,39H,6-8,13-19H2,1-5H3,(H,34,43)(H,35,40)(H,36,41)(H,37,44)/t22-,24-,26+,27+,28+/m1/s1. The van der Waals surface area contributed by atoms with Crippen LogP contribution in [0.25, 0.3) is 0 Å². The van der Waals surface area contributed by atoms with Crippen molar-refractivity contribution in [3.63, 3.8) is 0 Å². The maximum absolute atomic E-state index is 13.6. The van der Waals surface area contributed by atoms with Gasteiger partial charge in [-0.3, -0.25) is 24.0 Å². The number of nitrogens with zero attached hydrogens (tertiary/aromatic N) is 1. The molecule has 1 aromatic carbocycles. The van der Waals surface area contributed by atoms with Crippen LogP contribution in [0, 0.1) is 17.8 Å². The third kappa shape index (κ3) is 10.8. The summed E-state index contributed by atoms with van der Waals surface area (Å²) in [6, 6.07) is 4.55. The number of nitrogens with one attached hydrogen (secondary N) is 4. The predicted molar refractivity (Wildman–Crippen MR) is 167 cm³/mol. The Morgan fingerprint density at radius 1 is 1.02 bits per heavy atom. The number of phenols is 1. The quantitative estimate of drug-likeness (QED) is 0.332. The molecule has 0 aromatic heterocycles. The maximum atomic E-state index is 13.6. The SMILES string of the molecule is CC(C)CC(=O)N[C@@H]1C[C@H]2C(=O)N[C@H](C(C)C)CC[C@@H](C)CC(=O)N[C@@H](Cc3ccc(O)cc3)C(=O)NCCCC(=O)N2C1. The Balaban J connectivity index is 1.78. The number of fused-ring (bicyclic) bond motifs is 1. The van der Waals surface area contributed by atoms with Gasteiger partial charge in [0.05, 0.1) is 0 Å². The summed E-state index contributed by atoms with van der Waals surface area (Å²) in [7, 11) is 0. The number of hydrogen-bond acceptors (Lipinski definition) is 6. The number of carbonyl (C=O) groups is 5. The summed E-state index contributed by atoms with van der Waals surface area (Å²) in [4.78, 5) is 67.3. The number of hydrogen-bond donors (Lipinski definition) is 5. The summed E-state index contributed by atoms with van der Waals surface area (Å²) in [6.45, 7) is 10.5. The second kappa shape index (κ2) is 16.4. The monoisotopic (exact) mass is 613 g/mol. The highest BCUT2D eigenvalue weighted by atomic mass is 16.3. The van der Waals surface area contributed by atoms with Crippen molar-refractivity contribution in [2.45, 2.75) is 110 Å². The predicted octanol–water partition coefficient (Wildman–Crippen LogP) is 2.41. The minimum atomic E-state index is -0.810. The molecule has 0 unspecified atom stereocenters. The van der Waals surface area contributed by atoms with E-state index in [2.05, 4.69) is 21.3 Å². The molecule has 2 aliphatic rings. The fraction of sp³-hybridized carbons (Fsp3) is 0.667. The molecule has 3 rings (SSSR count). The zero-order chi connectivity index (χ0) is 32.4. The number of aromatic hydroxyl groups is 1. The van der Waals surface area contributed by atoms with Crippen LogP contribution in [-0.2, 0) is 30.4 Å². The van der Waals surface area contributed by atoms with Gasteiger partial charge >= 0.3 is 0 Å². The van der Waals surface area contributed by atoms with Gasteiger partial charge in [0.2, 0.25) is 29.5 Å². The van der Waals surface area contributed by atoms with Gasteiger partial charge in [-0.15, -0.1) is 0 Å². The van der Waals surface area contributed by atoms with Crippen LogP contribution in [0.5, 0.6) is 5.75 Å². The van der Waals surface area contributed by atoms with Crippen molar-refractivity contribution in [3.8, 4) is 5.75 Å². The average Bonchev–Trinajstić information content (AvgIpc) is 3.36. The third-order valence-electron chi connectivity index (χ3n) is 8.41. The lowest BCUT2D eigenvalue weighted by atomic mass is 9.92. The first-order chi connectivity index (χ1) is 20.8. The highest BCUT2D eigenvalue weighted by molar-refractivity contribution is 5.89. The topological polar surface area (TPSA) is 157 Å². The van der Waals surface area contributed by atoms with E-state index >= 15 is 0 Å². The molecule has 2 saturated heterocycles. The van der Waals surface area contributed by atoms with E-state index in [1.54, 1.807) is 29.2 Å². The first-order valence-electron chi connectivity index (χ1n) is 16.1. The first kappa shape index (κ1) is 34.9. The van der Waals surface area contributed by atoms with Crippen LogP contribution in [0.1, 0.15) is 85.1 Å². The van der Waals surface area contributed by atoms with Crippen LogP contribution in [0.4, 0.5) is 0 Å². The van der Waals surface area contributed by atoms with Crippen LogP contribution in [0.15, 0.2) is 24.3 Å². The van der Waals surface area contributed by atoms with Gasteiger partial charge in [-0.25, -0.2) is 0 Å². The summed E-state index contributed by atoms with van der Waals surface area (Å²) >= 11 is 0. The van der Waals surface area contributed by atoms with Crippen molar-refractivity contribution >= 4 is 29.5 Å². The van der Waals surface area contributed by atoms with Crippen molar-refractivity contribution in [1.29, 1.82) is 0 Å². The molecule has 5 N–H and O–H groups in total. The number of carbonyl (C=O) groups excluding carboxylic acids is 5. The molecule has 244 valence electrons. The highest BCUT2D eigenvalue weighted by Crippen LogP contribution is 2.23. The lowest BCUT2D eigenvalue weighted by Gasteiger charge is -2.29. The van der Waals surface area contributed by atoms with Crippen LogP contribution in [0.2, 0.25) is 0 Å². The van der Waals surface area contributed by atoms with E-state index in [0.29, 0.717) is 32.1 Å².